The first-order chi connectivity index (χ1) is 22.7. The van der Waals surface area contributed by atoms with Gasteiger partial charge in [-0.3, -0.25) is 14.4 Å². The van der Waals surface area contributed by atoms with Gasteiger partial charge in [-0.15, -0.1) is 24.9 Å². The smallest absolute Gasteiger partial charge is 0.251 e. The van der Waals surface area contributed by atoms with Crippen LogP contribution in [-0.4, -0.2) is 80.9 Å². The van der Waals surface area contributed by atoms with Crippen LogP contribution in [0.2, 0.25) is 0 Å². The molecule has 47 heavy (non-hydrogen) atoms. The number of fused-ring (bicyclic) bond motifs is 2. The number of nitrogens with zero attached hydrogens (tertiary/aromatic N) is 3. The van der Waals surface area contributed by atoms with E-state index in [0.717, 1.165) is 10.8 Å². The molecular weight excluding hydrogens is 678 g/mol. The van der Waals surface area contributed by atoms with E-state index in [1.165, 1.54) is 0 Å². The van der Waals surface area contributed by atoms with Gasteiger partial charge in [0, 0.05) is 34.5 Å². The molecule has 2 bridgehead atoms. The van der Waals surface area contributed by atoms with Crippen molar-refractivity contribution in [2.45, 2.75) is 47.2 Å². The lowest BCUT2D eigenvalue weighted by atomic mass is 9.70. The van der Waals surface area contributed by atoms with Crippen LogP contribution in [0.5, 0.6) is 5.75 Å². The maximum absolute atomic E-state index is 15.0. The highest BCUT2D eigenvalue weighted by molar-refractivity contribution is 9.09. The Hall–Kier alpha value is -3.60. The van der Waals surface area contributed by atoms with Gasteiger partial charge in [-0.25, -0.2) is 0 Å². The Balaban J connectivity index is 1.41. The summed E-state index contributed by atoms with van der Waals surface area (Å²) in [6.07, 6.45) is 3.90. The largest absolute Gasteiger partial charge is 0.494 e. The number of hydrogen-bond acceptors (Lipinski definition) is 6. The molecule has 3 unspecified atom stereocenters. The zero-order valence-electron chi connectivity index (χ0n) is 26.6. The van der Waals surface area contributed by atoms with E-state index in [-0.39, 0.29) is 47.5 Å². The van der Waals surface area contributed by atoms with Crippen molar-refractivity contribution in [3.63, 3.8) is 0 Å². The van der Waals surface area contributed by atoms with Crippen LogP contribution in [0.3, 0.4) is 0 Å². The Morgan fingerprint density at radius 2 is 1.68 bits per heavy atom. The highest BCUT2D eigenvalue weighted by Gasteiger charge is 2.76. The number of hydrogen-bond donors (Lipinski definition) is 1. The number of aliphatic hydroxyl groups excluding tert-OH is 1. The number of carbonyl (C=O) groups is 3. The second-order valence-corrected chi connectivity index (χ2v) is 15.1. The van der Waals surface area contributed by atoms with E-state index >= 15 is 0 Å². The molecule has 10 heteroatoms. The summed E-state index contributed by atoms with van der Waals surface area (Å²) in [7, 11) is 0. The second kappa shape index (κ2) is 13.5. The lowest BCUT2D eigenvalue weighted by Gasteiger charge is -2.39. The molecule has 1 N–H and O–H groups in total. The van der Waals surface area contributed by atoms with Crippen LogP contribution >= 0.6 is 27.7 Å². The zero-order valence-corrected chi connectivity index (χ0v) is 29.0. The van der Waals surface area contributed by atoms with Gasteiger partial charge in [0.15, 0.2) is 0 Å². The summed E-state index contributed by atoms with van der Waals surface area (Å²) < 4.78 is 4.74. The zero-order chi connectivity index (χ0) is 33.5. The van der Waals surface area contributed by atoms with Crippen molar-refractivity contribution < 1.29 is 24.2 Å². The molecule has 3 saturated heterocycles. The van der Waals surface area contributed by atoms with Gasteiger partial charge >= 0.3 is 0 Å². The van der Waals surface area contributed by atoms with Gasteiger partial charge in [0.2, 0.25) is 11.8 Å². The Bertz CT molecular complexity index is 1700. The van der Waals surface area contributed by atoms with Crippen LogP contribution in [0.4, 0.5) is 11.4 Å². The van der Waals surface area contributed by atoms with Crippen molar-refractivity contribution >= 4 is 67.6 Å². The lowest BCUT2D eigenvalue weighted by molar-refractivity contribution is -0.141. The van der Waals surface area contributed by atoms with Crippen LogP contribution in [0.25, 0.3) is 10.8 Å². The first-order valence-corrected chi connectivity index (χ1v) is 17.8. The average Bonchev–Trinajstić information content (AvgIpc) is 3.68. The summed E-state index contributed by atoms with van der Waals surface area (Å²) in [6.45, 7) is 12.2. The molecule has 8 nitrogen and oxygen atoms in total. The Labute approximate surface area is 288 Å². The summed E-state index contributed by atoms with van der Waals surface area (Å²) >= 11 is 5.45. The fourth-order valence-electron chi connectivity index (χ4n) is 7.66. The van der Waals surface area contributed by atoms with E-state index in [2.05, 4.69) is 29.1 Å². The Morgan fingerprint density at radius 1 is 1.04 bits per heavy atom. The monoisotopic (exact) mass is 717 g/mol. The van der Waals surface area contributed by atoms with Gasteiger partial charge in [-0.05, 0) is 67.4 Å². The number of carbonyl (C=O) groups excluding carboxylic acids is 3. The Morgan fingerprint density at radius 3 is 2.32 bits per heavy atom. The minimum Gasteiger partial charge on any atom is -0.494 e. The highest BCUT2D eigenvalue weighted by atomic mass is 79.9. The number of ether oxygens (including phenoxy) is 1. The van der Waals surface area contributed by atoms with E-state index in [1.807, 2.05) is 73.7 Å². The fourth-order valence-corrected chi connectivity index (χ4v) is 11.2. The number of thioether (sulfide) groups is 1. The molecule has 0 radical (unpaired) electrons. The number of likely N-dealkylation sites (tertiary alicyclic amines) is 1. The van der Waals surface area contributed by atoms with Gasteiger partial charge in [-0.2, -0.15) is 0 Å². The van der Waals surface area contributed by atoms with Crippen LogP contribution < -0.4 is 14.5 Å². The standard InChI is InChI=1S/C37H40BrN3O5S/c1-5-18-39(26-14-16-28(17-15-26)46-7-3)34(43)30-31-35(44)41(23(4)22-42)33(37(31)21-29(38)32(30)47-37)36(45)40(19-6-2)27-13-12-24-10-8-9-11-25(24)20-27/h5-6,8-17,20,23,29-33,42H,1-2,7,18-19,21-22H2,3-4H3/t23-,29?,30-,31+,32-,33?,37?/m1/s1. The van der Waals surface area contributed by atoms with Crippen LogP contribution in [0, 0.1) is 11.8 Å². The van der Waals surface area contributed by atoms with Crippen molar-refractivity contribution in [2.24, 2.45) is 11.8 Å². The summed E-state index contributed by atoms with van der Waals surface area (Å²) in [4.78, 5) is 49.1. The molecule has 3 aromatic rings. The molecule has 3 aromatic carbocycles. The van der Waals surface area contributed by atoms with Crippen LogP contribution in [-0.2, 0) is 14.4 Å². The number of alkyl halides is 1. The van der Waals surface area contributed by atoms with Gasteiger partial charge in [0.1, 0.15) is 11.8 Å². The molecule has 3 heterocycles. The molecule has 3 aliphatic rings. The van der Waals surface area contributed by atoms with Gasteiger partial charge in [0.25, 0.3) is 5.91 Å². The SMILES string of the molecule is C=CCN(C(=O)C1N([C@H](C)CO)C(=O)[C@@H]2[C@@H](C(=O)N(CC=C)c3ccc(OCC)cc3)[C@@H]3SC12CC3Br)c1ccc2ccccc2c1. The summed E-state index contributed by atoms with van der Waals surface area (Å²) in [5.74, 6) is -1.41. The van der Waals surface area contributed by atoms with Gasteiger partial charge in [0.05, 0.1) is 35.8 Å². The van der Waals surface area contributed by atoms with Crippen molar-refractivity contribution in [2.75, 3.05) is 36.1 Å². The molecule has 3 amide bonds. The molecule has 6 rings (SSSR count). The van der Waals surface area contributed by atoms with E-state index in [4.69, 9.17) is 4.74 Å². The maximum atomic E-state index is 15.0. The number of aliphatic hydroxyl groups is 1. The summed E-state index contributed by atoms with van der Waals surface area (Å²) in [5, 5.41) is 12.2. The molecule has 7 atom stereocenters. The maximum Gasteiger partial charge on any atom is 0.251 e. The molecule has 246 valence electrons. The molecule has 3 aliphatic heterocycles. The van der Waals surface area contributed by atoms with Crippen LogP contribution in [0.1, 0.15) is 20.3 Å². The average molecular weight is 719 g/mol. The Kier molecular flexibility index (Phi) is 9.56. The first-order valence-electron chi connectivity index (χ1n) is 16.0. The molecule has 1 spiro atoms. The van der Waals surface area contributed by atoms with E-state index in [1.54, 1.807) is 45.5 Å². The molecular formula is C37H40BrN3O5S. The fraction of sp³-hybridized carbons (Fsp3) is 0.378. The quantitative estimate of drug-likeness (QED) is 0.188. The van der Waals surface area contributed by atoms with E-state index < -0.39 is 28.7 Å². The molecule has 0 aliphatic carbocycles. The third kappa shape index (κ3) is 5.58. The first kappa shape index (κ1) is 33.3. The van der Waals surface area contributed by atoms with Crippen LogP contribution in [0.15, 0.2) is 92.0 Å². The topological polar surface area (TPSA) is 90.4 Å². The van der Waals surface area contributed by atoms with Crippen molar-refractivity contribution in [3.8, 4) is 5.75 Å². The highest BCUT2D eigenvalue weighted by Crippen LogP contribution is 2.68. The van der Waals surface area contributed by atoms with Crippen molar-refractivity contribution in [1.82, 2.24) is 4.90 Å². The van der Waals surface area contributed by atoms with E-state index in [0.29, 0.717) is 30.2 Å². The summed E-state index contributed by atoms with van der Waals surface area (Å²) in [6, 6.07) is 19.7. The number of anilines is 2. The number of amides is 3. The predicted octanol–water partition coefficient (Wildman–Crippen LogP) is 5.82. The molecule has 0 aromatic heterocycles. The minimum atomic E-state index is -0.889. The predicted molar refractivity (Wildman–Crippen MR) is 192 cm³/mol. The lowest BCUT2D eigenvalue weighted by Crippen LogP contribution is -2.57. The third-order valence-electron chi connectivity index (χ3n) is 9.64. The normalized spacial score (nSPS) is 26.6. The van der Waals surface area contributed by atoms with E-state index in [9.17, 15) is 19.5 Å². The van der Waals surface area contributed by atoms with Gasteiger partial charge < -0.3 is 24.5 Å². The number of rotatable bonds is 12. The number of benzene rings is 3. The third-order valence-corrected chi connectivity index (χ3v) is 12.9. The van der Waals surface area contributed by atoms with Crippen molar-refractivity contribution in [3.05, 3.63) is 92.0 Å². The second-order valence-electron chi connectivity index (χ2n) is 12.4. The number of halogens is 1. The van der Waals surface area contributed by atoms with Gasteiger partial charge in [-0.1, -0.05) is 58.4 Å². The van der Waals surface area contributed by atoms with Crippen molar-refractivity contribution in [1.29, 1.82) is 0 Å². The molecule has 3 fully saturated rings. The summed E-state index contributed by atoms with van der Waals surface area (Å²) in [5.41, 5.74) is 1.38. The minimum absolute atomic E-state index is 0.0929. The molecule has 0 saturated carbocycles.